The zero-order valence-electron chi connectivity index (χ0n) is 17.9. The Balaban J connectivity index is 1.51. The lowest BCUT2D eigenvalue weighted by molar-refractivity contribution is 0.0951. The van der Waals surface area contributed by atoms with Crippen molar-refractivity contribution in [3.05, 3.63) is 102 Å². The highest BCUT2D eigenvalue weighted by Gasteiger charge is 2.11. The minimum atomic E-state index is -0.156. The van der Waals surface area contributed by atoms with Crippen LogP contribution in [-0.2, 0) is 6.54 Å². The maximum absolute atomic E-state index is 12.7. The van der Waals surface area contributed by atoms with Crippen molar-refractivity contribution < 1.29 is 14.3 Å². The van der Waals surface area contributed by atoms with Crippen LogP contribution in [0.5, 0.6) is 17.4 Å². The van der Waals surface area contributed by atoms with Crippen LogP contribution in [0.15, 0.2) is 85.1 Å². The van der Waals surface area contributed by atoms with E-state index in [1.54, 1.807) is 37.6 Å². The summed E-state index contributed by atoms with van der Waals surface area (Å²) in [4.78, 5) is 21.5. The molecule has 0 aliphatic rings. The first-order valence-electron chi connectivity index (χ1n) is 10.2. The van der Waals surface area contributed by atoms with Gasteiger partial charge in [0.25, 0.3) is 5.91 Å². The quantitative estimate of drug-likeness (QED) is 0.441. The van der Waals surface area contributed by atoms with Crippen molar-refractivity contribution in [2.75, 3.05) is 7.11 Å². The molecule has 0 saturated heterocycles. The monoisotopic (exact) mass is 425 g/mol. The Labute approximate surface area is 186 Å². The molecule has 0 bridgehead atoms. The number of hydrogen-bond acceptors (Lipinski definition) is 5. The molecule has 0 spiro atoms. The standard InChI is InChI=1S/C26H23N3O3/c1-18-8-3-4-9-21(18)17-28-26(30)20-11-7-10-19(16-20)25-27-15-14-24(29-25)32-23-13-6-5-12-22(23)31-2/h3-16H,17H2,1-2H3,(H,28,30). The first-order valence-corrected chi connectivity index (χ1v) is 10.2. The highest BCUT2D eigenvalue weighted by atomic mass is 16.5. The Bertz CT molecular complexity index is 1240. The number of aromatic nitrogens is 2. The topological polar surface area (TPSA) is 73.3 Å². The van der Waals surface area contributed by atoms with Crippen LogP contribution in [0.4, 0.5) is 0 Å². The van der Waals surface area contributed by atoms with E-state index in [0.717, 1.165) is 16.7 Å². The third-order valence-corrected chi connectivity index (χ3v) is 5.00. The lowest BCUT2D eigenvalue weighted by Gasteiger charge is -2.10. The van der Waals surface area contributed by atoms with Gasteiger partial charge in [0.1, 0.15) is 0 Å². The van der Waals surface area contributed by atoms with Gasteiger partial charge in [-0.1, -0.05) is 48.5 Å². The SMILES string of the molecule is COc1ccccc1Oc1ccnc(-c2cccc(C(=O)NCc3ccccc3C)c2)n1. The van der Waals surface area contributed by atoms with Crippen LogP contribution < -0.4 is 14.8 Å². The molecule has 160 valence electrons. The van der Waals surface area contributed by atoms with Crippen LogP contribution >= 0.6 is 0 Å². The highest BCUT2D eigenvalue weighted by molar-refractivity contribution is 5.95. The molecule has 6 nitrogen and oxygen atoms in total. The molecule has 1 heterocycles. The number of carbonyl (C=O) groups is 1. The van der Waals surface area contributed by atoms with E-state index in [9.17, 15) is 4.79 Å². The van der Waals surface area contributed by atoms with Crippen LogP contribution in [0, 0.1) is 6.92 Å². The summed E-state index contributed by atoms with van der Waals surface area (Å²) in [6.45, 7) is 2.49. The molecule has 6 heteroatoms. The van der Waals surface area contributed by atoms with Gasteiger partial charge < -0.3 is 14.8 Å². The summed E-state index contributed by atoms with van der Waals surface area (Å²) in [6, 6.07) is 24.2. The summed E-state index contributed by atoms with van der Waals surface area (Å²) in [6.07, 6.45) is 1.62. The number of hydrogen-bond donors (Lipinski definition) is 1. The Morgan fingerprint density at radius 3 is 2.53 bits per heavy atom. The van der Waals surface area contributed by atoms with Crippen molar-refractivity contribution in [3.8, 4) is 28.8 Å². The molecule has 1 amide bonds. The van der Waals surface area contributed by atoms with E-state index >= 15 is 0 Å². The molecule has 0 fully saturated rings. The molecule has 0 radical (unpaired) electrons. The molecular weight excluding hydrogens is 402 g/mol. The van der Waals surface area contributed by atoms with Gasteiger partial charge in [-0.25, -0.2) is 4.98 Å². The fourth-order valence-corrected chi connectivity index (χ4v) is 3.24. The summed E-state index contributed by atoms with van der Waals surface area (Å²) in [5, 5.41) is 2.97. The minimum absolute atomic E-state index is 0.156. The van der Waals surface area contributed by atoms with Crippen LogP contribution in [0.2, 0.25) is 0 Å². The van der Waals surface area contributed by atoms with Gasteiger partial charge in [-0.3, -0.25) is 4.79 Å². The highest BCUT2D eigenvalue weighted by Crippen LogP contribution is 2.30. The van der Waals surface area contributed by atoms with Crippen LogP contribution in [0.25, 0.3) is 11.4 Å². The van der Waals surface area contributed by atoms with Crippen molar-refractivity contribution in [2.24, 2.45) is 0 Å². The average Bonchev–Trinajstić information content (AvgIpc) is 2.84. The molecule has 1 N–H and O–H groups in total. The van der Waals surface area contributed by atoms with Gasteiger partial charge in [0.15, 0.2) is 17.3 Å². The molecule has 0 aliphatic carbocycles. The first kappa shape index (κ1) is 21.1. The van der Waals surface area contributed by atoms with Gasteiger partial charge in [0.2, 0.25) is 5.88 Å². The third-order valence-electron chi connectivity index (χ3n) is 5.00. The fourth-order valence-electron chi connectivity index (χ4n) is 3.24. The number of ether oxygens (including phenoxy) is 2. The number of nitrogens with zero attached hydrogens (tertiary/aromatic N) is 2. The van der Waals surface area contributed by atoms with Gasteiger partial charge in [-0.2, -0.15) is 4.98 Å². The van der Waals surface area contributed by atoms with E-state index < -0.39 is 0 Å². The molecule has 3 aromatic carbocycles. The Morgan fingerprint density at radius 1 is 0.938 bits per heavy atom. The molecule has 0 aliphatic heterocycles. The lowest BCUT2D eigenvalue weighted by Crippen LogP contribution is -2.23. The number of benzene rings is 3. The maximum atomic E-state index is 12.7. The Morgan fingerprint density at radius 2 is 1.72 bits per heavy atom. The number of nitrogens with one attached hydrogen (secondary N) is 1. The predicted octanol–water partition coefficient (Wildman–Crippen LogP) is 5.18. The van der Waals surface area contributed by atoms with E-state index in [1.807, 2.05) is 61.5 Å². The Kier molecular flexibility index (Phi) is 6.41. The second kappa shape index (κ2) is 9.75. The molecule has 0 atom stereocenters. The van der Waals surface area contributed by atoms with Gasteiger partial charge >= 0.3 is 0 Å². The summed E-state index contributed by atoms with van der Waals surface area (Å²) in [5.41, 5.74) is 3.48. The van der Waals surface area contributed by atoms with Gasteiger partial charge in [0.05, 0.1) is 7.11 Å². The normalized spacial score (nSPS) is 10.4. The maximum Gasteiger partial charge on any atom is 0.251 e. The summed E-state index contributed by atoms with van der Waals surface area (Å²) in [5.74, 6) is 1.86. The Hall–Kier alpha value is -4.19. The summed E-state index contributed by atoms with van der Waals surface area (Å²) < 4.78 is 11.2. The molecule has 0 unspecified atom stereocenters. The van der Waals surface area contributed by atoms with E-state index in [4.69, 9.17) is 9.47 Å². The fraction of sp³-hybridized carbons (Fsp3) is 0.115. The van der Waals surface area contributed by atoms with E-state index in [1.165, 1.54) is 0 Å². The number of rotatable bonds is 7. The predicted molar refractivity (Wildman–Crippen MR) is 123 cm³/mol. The molecular formula is C26H23N3O3. The number of methoxy groups -OCH3 is 1. The molecule has 4 aromatic rings. The molecule has 32 heavy (non-hydrogen) atoms. The summed E-state index contributed by atoms with van der Waals surface area (Å²) in [7, 11) is 1.59. The van der Waals surface area contributed by atoms with Crippen LogP contribution in [0.1, 0.15) is 21.5 Å². The smallest absolute Gasteiger partial charge is 0.251 e. The second-order valence-corrected chi connectivity index (χ2v) is 7.16. The van der Waals surface area contributed by atoms with E-state index in [0.29, 0.717) is 35.3 Å². The minimum Gasteiger partial charge on any atom is -0.493 e. The van der Waals surface area contributed by atoms with Crippen molar-refractivity contribution in [1.82, 2.24) is 15.3 Å². The third kappa shape index (κ3) is 4.92. The molecule has 4 rings (SSSR count). The van der Waals surface area contributed by atoms with Crippen molar-refractivity contribution in [3.63, 3.8) is 0 Å². The number of carbonyl (C=O) groups excluding carboxylic acids is 1. The van der Waals surface area contributed by atoms with Crippen LogP contribution in [-0.4, -0.2) is 23.0 Å². The van der Waals surface area contributed by atoms with Gasteiger partial charge in [-0.15, -0.1) is 0 Å². The van der Waals surface area contributed by atoms with Crippen molar-refractivity contribution in [2.45, 2.75) is 13.5 Å². The number of amides is 1. The van der Waals surface area contributed by atoms with E-state index in [2.05, 4.69) is 15.3 Å². The zero-order chi connectivity index (χ0) is 22.3. The van der Waals surface area contributed by atoms with Crippen molar-refractivity contribution in [1.29, 1.82) is 0 Å². The number of aryl methyl sites for hydroxylation is 1. The molecule has 0 saturated carbocycles. The van der Waals surface area contributed by atoms with Gasteiger partial charge in [-0.05, 0) is 42.3 Å². The average molecular weight is 425 g/mol. The van der Waals surface area contributed by atoms with E-state index in [-0.39, 0.29) is 5.91 Å². The van der Waals surface area contributed by atoms with Crippen molar-refractivity contribution >= 4 is 5.91 Å². The number of para-hydroxylation sites is 2. The van der Waals surface area contributed by atoms with Gasteiger partial charge in [0, 0.05) is 29.9 Å². The largest absolute Gasteiger partial charge is 0.493 e. The first-order chi connectivity index (χ1) is 15.6. The van der Waals surface area contributed by atoms with Crippen LogP contribution in [0.3, 0.4) is 0 Å². The second-order valence-electron chi connectivity index (χ2n) is 7.16. The summed E-state index contributed by atoms with van der Waals surface area (Å²) >= 11 is 0. The lowest BCUT2D eigenvalue weighted by atomic mass is 10.1. The molecule has 1 aromatic heterocycles. The zero-order valence-corrected chi connectivity index (χ0v) is 17.9.